The lowest BCUT2D eigenvalue weighted by molar-refractivity contribution is -0.256. The van der Waals surface area contributed by atoms with E-state index in [9.17, 15) is 13.2 Å². The molecule has 3 heterocycles. The highest BCUT2D eigenvalue weighted by Gasteiger charge is 2.55. The van der Waals surface area contributed by atoms with Gasteiger partial charge in [0.05, 0.1) is 30.3 Å². The topological polar surface area (TPSA) is 85.4 Å². The molecule has 0 N–H and O–H groups in total. The molecular weight excluding hydrogens is 432 g/mol. The van der Waals surface area contributed by atoms with Crippen LogP contribution < -0.4 is 9.64 Å². The number of amides is 1. The number of carbonyl (C=O) groups is 1. The van der Waals surface area contributed by atoms with E-state index in [4.69, 9.17) is 14.2 Å². The Bertz CT molecular complexity index is 1090. The maximum atomic E-state index is 13.5. The third kappa shape index (κ3) is 3.59. The van der Waals surface area contributed by atoms with Crippen molar-refractivity contribution in [1.82, 2.24) is 4.31 Å². The molecule has 0 unspecified atom stereocenters. The predicted octanol–water partition coefficient (Wildman–Crippen LogP) is 2.49. The lowest BCUT2D eigenvalue weighted by Crippen LogP contribution is -2.48. The maximum Gasteiger partial charge on any atom is 0.292 e. The highest BCUT2D eigenvalue weighted by atomic mass is 32.2. The van der Waals surface area contributed by atoms with E-state index >= 15 is 0 Å². The molecule has 3 aliphatic heterocycles. The van der Waals surface area contributed by atoms with Crippen molar-refractivity contribution >= 4 is 21.6 Å². The summed E-state index contributed by atoms with van der Waals surface area (Å²) in [4.78, 5) is 15.2. The molecule has 8 nitrogen and oxygen atoms in total. The third-order valence-corrected chi connectivity index (χ3v) is 7.96. The lowest BCUT2D eigenvalue weighted by atomic mass is 10.1. The molecule has 0 radical (unpaired) electrons. The van der Waals surface area contributed by atoms with Crippen molar-refractivity contribution in [2.75, 3.05) is 44.4 Å². The minimum absolute atomic E-state index is 0.158. The Morgan fingerprint density at radius 2 is 1.69 bits per heavy atom. The van der Waals surface area contributed by atoms with E-state index in [-0.39, 0.29) is 24.0 Å². The van der Waals surface area contributed by atoms with Gasteiger partial charge in [-0.05, 0) is 49.6 Å². The zero-order chi connectivity index (χ0) is 22.2. The molecule has 2 aromatic carbocycles. The van der Waals surface area contributed by atoms with Gasteiger partial charge in [-0.1, -0.05) is 18.2 Å². The number of ether oxygens (including phenoxy) is 3. The van der Waals surface area contributed by atoms with Gasteiger partial charge in [-0.3, -0.25) is 4.79 Å². The van der Waals surface area contributed by atoms with Crippen LogP contribution in [-0.2, 0) is 30.1 Å². The number of carbonyl (C=O) groups excluding carboxylic acids is 1. The number of benzene rings is 2. The molecule has 32 heavy (non-hydrogen) atoms. The van der Waals surface area contributed by atoms with Crippen LogP contribution in [0.4, 0.5) is 5.69 Å². The summed E-state index contributed by atoms with van der Waals surface area (Å²) in [5, 5.41) is 0. The molecule has 0 saturated carbocycles. The third-order valence-electron chi connectivity index (χ3n) is 6.07. The number of nitrogens with zero attached hydrogens (tertiary/aromatic N) is 2. The summed E-state index contributed by atoms with van der Waals surface area (Å²) in [7, 11) is -3.64. The molecule has 1 spiro atoms. The minimum Gasteiger partial charge on any atom is -0.492 e. The fourth-order valence-corrected chi connectivity index (χ4v) is 6.00. The molecule has 9 heteroatoms. The van der Waals surface area contributed by atoms with Crippen LogP contribution in [0.15, 0.2) is 53.4 Å². The van der Waals surface area contributed by atoms with Gasteiger partial charge in [-0.25, -0.2) is 8.42 Å². The molecule has 0 bridgehead atoms. The maximum absolute atomic E-state index is 13.5. The largest absolute Gasteiger partial charge is 0.492 e. The molecule has 170 valence electrons. The van der Waals surface area contributed by atoms with Crippen LogP contribution in [0, 0.1) is 0 Å². The Labute approximate surface area is 187 Å². The van der Waals surface area contributed by atoms with Crippen LogP contribution in [0.25, 0.3) is 0 Å². The van der Waals surface area contributed by atoms with Crippen molar-refractivity contribution in [3.63, 3.8) is 0 Å². The summed E-state index contributed by atoms with van der Waals surface area (Å²) in [5.74, 6) is -1.23. The van der Waals surface area contributed by atoms with E-state index in [1.165, 1.54) is 4.31 Å². The highest BCUT2D eigenvalue weighted by Crippen LogP contribution is 2.46. The predicted molar refractivity (Wildman–Crippen MR) is 117 cm³/mol. The summed E-state index contributed by atoms with van der Waals surface area (Å²) in [6.07, 6.45) is 2.38. The fraction of sp³-hybridized carbons (Fsp3) is 0.435. The first kappa shape index (κ1) is 21.4. The standard InChI is InChI=1S/C23H26N2O6S/c26-22-23(30-14-6-15-31-23)20-17-19(32(27,28)24-11-4-5-12-24)9-10-21(20)25(22)13-16-29-18-7-2-1-3-8-18/h1-3,7-10,17H,4-6,11-16H2. The monoisotopic (exact) mass is 458 g/mol. The second kappa shape index (κ2) is 8.47. The highest BCUT2D eigenvalue weighted by molar-refractivity contribution is 7.89. The van der Waals surface area contributed by atoms with E-state index in [0.29, 0.717) is 49.7 Å². The smallest absolute Gasteiger partial charge is 0.292 e. The van der Waals surface area contributed by atoms with E-state index in [2.05, 4.69) is 0 Å². The molecule has 0 aliphatic carbocycles. The molecule has 2 aromatic rings. The zero-order valence-electron chi connectivity index (χ0n) is 17.7. The van der Waals surface area contributed by atoms with Crippen LogP contribution >= 0.6 is 0 Å². The van der Waals surface area contributed by atoms with Crippen molar-refractivity contribution in [1.29, 1.82) is 0 Å². The quantitative estimate of drug-likeness (QED) is 0.661. The van der Waals surface area contributed by atoms with Gasteiger partial charge in [-0.2, -0.15) is 4.31 Å². The van der Waals surface area contributed by atoms with Gasteiger partial charge in [0.1, 0.15) is 12.4 Å². The average Bonchev–Trinajstić information content (AvgIpc) is 3.44. The lowest BCUT2D eigenvalue weighted by Gasteiger charge is -2.32. The zero-order valence-corrected chi connectivity index (χ0v) is 18.6. The molecular formula is C23H26N2O6S. The van der Waals surface area contributed by atoms with Gasteiger partial charge < -0.3 is 19.1 Å². The van der Waals surface area contributed by atoms with Crippen LogP contribution in [0.2, 0.25) is 0 Å². The van der Waals surface area contributed by atoms with Crippen molar-refractivity contribution in [2.24, 2.45) is 0 Å². The first-order valence-electron chi connectivity index (χ1n) is 10.9. The Kier molecular flexibility index (Phi) is 5.66. The first-order valence-corrected chi connectivity index (χ1v) is 12.4. The molecule has 2 saturated heterocycles. The van der Waals surface area contributed by atoms with Crippen molar-refractivity contribution in [3.8, 4) is 5.75 Å². The first-order chi connectivity index (χ1) is 15.5. The Hall–Kier alpha value is -2.46. The van der Waals surface area contributed by atoms with Gasteiger partial charge in [0.2, 0.25) is 10.0 Å². The van der Waals surface area contributed by atoms with Crippen LogP contribution in [0.5, 0.6) is 5.75 Å². The van der Waals surface area contributed by atoms with E-state index < -0.39 is 15.8 Å². The second-order valence-corrected chi connectivity index (χ2v) is 10.0. The van der Waals surface area contributed by atoms with Crippen molar-refractivity contribution in [3.05, 3.63) is 54.1 Å². The summed E-state index contributed by atoms with van der Waals surface area (Å²) < 4.78 is 45.3. The number of sulfonamides is 1. The normalized spacial score (nSPS) is 20.6. The fourth-order valence-electron chi connectivity index (χ4n) is 4.46. The Morgan fingerprint density at radius 1 is 0.969 bits per heavy atom. The molecule has 0 atom stereocenters. The number of hydrogen-bond donors (Lipinski definition) is 0. The second-order valence-electron chi connectivity index (χ2n) is 8.08. The summed E-state index contributed by atoms with van der Waals surface area (Å²) in [6.45, 7) is 2.32. The van der Waals surface area contributed by atoms with Gasteiger partial charge in [0, 0.05) is 18.7 Å². The minimum atomic E-state index is -3.64. The van der Waals surface area contributed by atoms with Crippen LogP contribution in [0.3, 0.4) is 0 Å². The molecule has 0 aromatic heterocycles. The number of rotatable bonds is 6. The van der Waals surface area contributed by atoms with E-state index in [0.717, 1.165) is 12.8 Å². The number of hydrogen-bond acceptors (Lipinski definition) is 6. The molecule has 2 fully saturated rings. The number of anilines is 1. The Morgan fingerprint density at radius 3 is 2.41 bits per heavy atom. The summed E-state index contributed by atoms with van der Waals surface area (Å²) in [5.41, 5.74) is 1.04. The average molecular weight is 459 g/mol. The van der Waals surface area contributed by atoms with Gasteiger partial charge in [-0.15, -0.1) is 0 Å². The van der Waals surface area contributed by atoms with E-state index in [1.807, 2.05) is 30.3 Å². The SMILES string of the molecule is O=C1N(CCOc2ccccc2)c2ccc(S(=O)(=O)N3CCCC3)cc2C12OCCCO2. The van der Waals surface area contributed by atoms with Gasteiger partial charge in [0.25, 0.3) is 11.7 Å². The van der Waals surface area contributed by atoms with Crippen LogP contribution in [0.1, 0.15) is 24.8 Å². The number of para-hydroxylation sites is 1. The Balaban J connectivity index is 1.46. The number of fused-ring (bicyclic) bond motifs is 2. The van der Waals surface area contributed by atoms with Gasteiger partial charge >= 0.3 is 0 Å². The summed E-state index contributed by atoms with van der Waals surface area (Å²) >= 11 is 0. The molecule has 5 rings (SSSR count). The molecule has 3 aliphatic rings. The summed E-state index contributed by atoms with van der Waals surface area (Å²) in [6, 6.07) is 14.2. The van der Waals surface area contributed by atoms with Crippen molar-refractivity contribution < 1.29 is 27.4 Å². The van der Waals surface area contributed by atoms with Crippen LogP contribution in [-0.4, -0.2) is 58.1 Å². The van der Waals surface area contributed by atoms with E-state index in [1.54, 1.807) is 23.1 Å². The van der Waals surface area contributed by atoms with Crippen molar-refractivity contribution in [2.45, 2.75) is 29.9 Å². The van der Waals surface area contributed by atoms with Gasteiger partial charge in [0.15, 0.2) is 0 Å². The molecule has 1 amide bonds.